The lowest BCUT2D eigenvalue weighted by Gasteiger charge is -2.12. The van der Waals surface area contributed by atoms with Crippen LogP contribution in [-0.4, -0.2) is 12.4 Å². The van der Waals surface area contributed by atoms with Gasteiger partial charge in [0.1, 0.15) is 5.75 Å². The van der Waals surface area contributed by atoms with Crippen molar-refractivity contribution < 1.29 is 9.53 Å². The predicted octanol–water partition coefficient (Wildman–Crippen LogP) is 3.59. The van der Waals surface area contributed by atoms with Gasteiger partial charge >= 0.3 is 0 Å². The second-order valence-electron chi connectivity index (χ2n) is 3.09. The third-order valence-electron chi connectivity index (χ3n) is 1.54. The summed E-state index contributed by atoms with van der Waals surface area (Å²) in [5.41, 5.74) is 0.368. The maximum Gasteiger partial charge on any atom is 0.151 e. The normalized spacial score (nSPS) is 10.4. The van der Waals surface area contributed by atoms with E-state index in [-0.39, 0.29) is 6.10 Å². The molecule has 0 bridgehead atoms. The zero-order valence-corrected chi connectivity index (χ0v) is 9.39. The van der Waals surface area contributed by atoms with Crippen molar-refractivity contribution in [2.45, 2.75) is 20.0 Å². The average Bonchev–Trinajstić information content (AvgIpc) is 2.10. The SMILES string of the molecule is CC(C)Oc1cc(Cl)c(C=O)cc1Cl. The lowest BCUT2D eigenvalue weighted by molar-refractivity contribution is 0.112. The molecule has 0 fully saturated rings. The van der Waals surface area contributed by atoms with Gasteiger partial charge in [0, 0.05) is 11.6 Å². The van der Waals surface area contributed by atoms with Gasteiger partial charge in [-0.15, -0.1) is 0 Å². The number of halogens is 2. The molecule has 76 valence electrons. The molecule has 1 rings (SSSR count). The first-order valence-electron chi connectivity index (χ1n) is 4.15. The Hall–Kier alpha value is -0.730. The highest BCUT2D eigenvalue weighted by Crippen LogP contribution is 2.30. The van der Waals surface area contributed by atoms with E-state index in [1.54, 1.807) is 6.07 Å². The van der Waals surface area contributed by atoms with Gasteiger partial charge in [0.05, 0.1) is 16.1 Å². The van der Waals surface area contributed by atoms with Crippen molar-refractivity contribution in [3.05, 3.63) is 27.7 Å². The van der Waals surface area contributed by atoms with Crippen LogP contribution in [0.3, 0.4) is 0 Å². The Morgan fingerprint density at radius 2 is 1.93 bits per heavy atom. The van der Waals surface area contributed by atoms with Gasteiger partial charge in [-0.3, -0.25) is 4.79 Å². The van der Waals surface area contributed by atoms with E-state index in [1.807, 2.05) is 13.8 Å². The van der Waals surface area contributed by atoms with Gasteiger partial charge in [0.2, 0.25) is 0 Å². The van der Waals surface area contributed by atoms with Crippen LogP contribution in [0.2, 0.25) is 10.0 Å². The molecule has 0 saturated carbocycles. The molecule has 0 heterocycles. The van der Waals surface area contributed by atoms with Crippen molar-refractivity contribution in [1.82, 2.24) is 0 Å². The van der Waals surface area contributed by atoms with Crippen LogP contribution in [0.4, 0.5) is 0 Å². The minimum absolute atomic E-state index is 0.0191. The molecule has 0 atom stereocenters. The van der Waals surface area contributed by atoms with E-state index in [1.165, 1.54) is 6.07 Å². The largest absolute Gasteiger partial charge is 0.489 e. The molecule has 0 N–H and O–H groups in total. The fraction of sp³-hybridized carbons (Fsp3) is 0.300. The predicted molar refractivity (Wildman–Crippen MR) is 57.6 cm³/mol. The maximum absolute atomic E-state index is 10.5. The zero-order chi connectivity index (χ0) is 10.7. The summed E-state index contributed by atoms with van der Waals surface area (Å²) < 4.78 is 5.39. The fourth-order valence-corrected chi connectivity index (χ4v) is 1.39. The smallest absolute Gasteiger partial charge is 0.151 e. The van der Waals surface area contributed by atoms with Gasteiger partial charge < -0.3 is 4.74 Å². The number of benzene rings is 1. The minimum Gasteiger partial charge on any atom is -0.489 e. The molecule has 0 aromatic heterocycles. The summed E-state index contributed by atoms with van der Waals surface area (Å²) in [6.45, 7) is 3.77. The minimum atomic E-state index is 0.0191. The lowest BCUT2D eigenvalue weighted by atomic mass is 10.2. The van der Waals surface area contributed by atoms with Crippen LogP contribution >= 0.6 is 23.2 Å². The van der Waals surface area contributed by atoms with E-state index in [0.29, 0.717) is 27.6 Å². The molecular formula is C10H10Cl2O2. The third kappa shape index (κ3) is 2.63. The number of hydrogen-bond donors (Lipinski definition) is 0. The number of carbonyl (C=O) groups excluding carboxylic acids is 1. The highest BCUT2D eigenvalue weighted by molar-refractivity contribution is 6.36. The summed E-state index contributed by atoms with van der Waals surface area (Å²) in [5, 5.41) is 0.741. The van der Waals surface area contributed by atoms with Crippen molar-refractivity contribution in [2.24, 2.45) is 0 Å². The van der Waals surface area contributed by atoms with Gasteiger partial charge in [-0.25, -0.2) is 0 Å². The molecule has 0 unspecified atom stereocenters. The molecule has 1 aromatic carbocycles. The van der Waals surface area contributed by atoms with Gasteiger partial charge in [-0.2, -0.15) is 0 Å². The van der Waals surface area contributed by atoms with E-state index < -0.39 is 0 Å². The summed E-state index contributed by atoms with van der Waals surface area (Å²) in [4.78, 5) is 10.5. The fourth-order valence-electron chi connectivity index (χ4n) is 0.979. The molecule has 14 heavy (non-hydrogen) atoms. The number of rotatable bonds is 3. The van der Waals surface area contributed by atoms with E-state index in [2.05, 4.69) is 0 Å². The van der Waals surface area contributed by atoms with E-state index >= 15 is 0 Å². The third-order valence-corrected chi connectivity index (χ3v) is 2.16. The van der Waals surface area contributed by atoms with Crippen LogP contribution in [0.1, 0.15) is 24.2 Å². The number of aldehydes is 1. The first-order valence-corrected chi connectivity index (χ1v) is 4.91. The monoisotopic (exact) mass is 232 g/mol. The van der Waals surface area contributed by atoms with Crippen LogP contribution in [0.25, 0.3) is 0 Å². The quantitative estimate of drug-likeness (QED) is 0.745. The Bertz CT molecular complexity index is 348. The first kappa shape index (κ1) is 11.3. The van der Waals surface area contributed by atoms with Gasteiger partial charge in [0.25, 0.3) is 0 Å². The second-order valence-corrected chi connectivity index (χ2v) is 3.90. The Balaban J connectivity index is 3.08. The molecule has 0 aliphatic rings. The van der Waals surface area contributed by atoms with Crippen LogP contribution in [0, 0.1) is 0 Å². The van der Waals surface area contributed by atoms with Crippen LogP contribution in [-0.2, 0) is 0 Å². The Morgan fingerprint density at radius 1 is 1.29 bits per heavy atom. The number of carbonyl (C=O) groups is 1. The van der Waals surface area contributed by atoms with E-state index in [0.717, 1.165) is 0 Å². The van der Waals surface area contributed by atoms with Crippen LogP contribution < -0.4 is 4.74 Å². The lowest BCUT2D eigenvalue weighted by Crippen LogP contribution is -2.06. The zero-order valence-electron chi connectivity index (χ0n) is 7.88. The summed E-state index contributed by atoms with van der Waals surface area (Å²) in [5.74, 6) is 0.497. The number of hydrogen-bond acceptors (Lipinski definition) is 2. The molecule has 1 aromatic rings. The Kier molecular flexibility index (Phi) is 3.78. The Morgan fingerprint density at radius 3 is 2.43 bits per heavy atom. The van der Waals surface area contributed by atoms with Gasteiger partial charge in [-0.05, 0) is 19.9 Å². The molecule has 0 amide bonds. The standard InChI is InChI=1S/C10H10Cl2O2/c1-6(2)14-10-4-8(11)7(5-13)3-9(10)12/h3-6H,1-2H3. The van der Waals surface area contributed by atoms with Gasteiger partial charge in [0.15, 0.2) is 6.29 Å². The van der Waals surface area contributed by atoms with Crippen molar-refractivity contribution in [1.29, 1.82) is 0 Å². The average molecular weight is 233 g/mol. The summed E-state index contributed by atoms with van der Waals surface area (Å²) in [6.07, 6.45) is 0.679. The molecule has 0 aliphatic carbocycles. The van der Waals surface area contributed by atoms with Crippen molar-refractivity contribution in [3.63, 3.8) is 0 Å². The van der Waals surface area contributed by atoms with E-state index in [9.17, 15) is 4.79 Å². The highest BCUT2D eigenvalue weighted by atomic mass is 35.5. The highest BCUT2D eigenvalue weighted by Gasteiger charge is 2.08. The molecule has 0 saturated heterocycles. The molecular weight excluding hydrogens is 223 g/mol. The first-order chi connectivity index (χ1) is 6.54. The van der Waals surface area contributed by atoms with Crippen molar-refractivity contribution >= 4 is 29.5 Å². The summed E-state index contributed by atoms with van der Waals surface area (Å²) in [6, 6.07) is 3.04. The Labute approximate surface area is 92.8 Å². The van der Waals surface area contributed by atoms with Crippen molar-refractivity contribution in [3.8, 4) is 5.75 Å². The van der Waals surface area contributed by atoms with Crippen LogP contribution in [0.5, 0.6) is 5.75 Å². The topological polar surface area (TPSA) is 26.3 Å². The maximum atomic E-state index is 10.5. The molecule has 4 heteroatoms. The molecule has 0 spiro atoms. The molecule has 0 aliphatic heterocycles. The van der Waals surface area contributed by atoms with Gasteiger partial charge in [-0.1, -0.05) is 23.2 Å². The number of ether oxygens (including phenoxy) is 1. The molecule has 2 nitrogen and oxygen atoms in total. The van der Waals surface area contributed by atoms with E-state index in [4.69, 9.17) is 27.9 Å². The second kappa shape index (κ2) is 4.67. The van der Waals surface area contributed by atoms with Crippen molar-refractivity contribution in [2.75, 3.05) is 0 Å². The molecule has 0 radical (unpaired) electrons. The van der Waals surface area contributed by atoms with Crippen LogP contribution in [0.15, 0.2) is 12.1 Å². The summed E-state index contributed by atoms with van der Waals surface area (Å²) >= 11 is 11.7. The summed E-state index contributed by atoms with van der Waals surface area (Å²) in [7, 11) is 0.